The van der Waals surface area contributed by atoms with Crippen LogP contribution in [0.25, 0.3) is 0 Å². The molecule has 0 unspecified atom stereocenters. The summed E-state index contributed by atoms with van der Waals surface area (Å²) >= 11 is 0. The maximum Gasteiger partial charge on any atom is 0.306 e. The number of nitriles is 1. The highest BCUT2D eigenvalue weighted by atomic mass is 16.7. The molecule has 64 heavy (non-hydrogen) atoms. The van der Waals surface area contributed by atoms with Crippen molar-refractivity contribution in [2.24, 2.45) is 23.7 Å². The van der Waals surface area contributed by atoms with Gasteiger partial charge in [0, 0.05) is 70.2 Å². The summed E-state index contributed by atoms with van der Waals surface area (Å²) in [6, 6.07) is 0.149. The van der Waals surface area contributed by atoms with E-state index in [-0.39, 0.29) is 73.3 Å². The minimum atomic E-state index is -0.731. The SMILES string of the molecule is C#C.CC.CC[C@H]1OC(=O)CC[C@H](C)C[C@@H](COC#N)C[C@@H](C)C(=O)/C=C/C(C)=C/[C@@H]1CO[C@H]1C[C@H](OC)[C@H](O)[C@@H](C)O1.COC.C[C@H]1O[C@@H](O)C[C@@H](N(C)C)[C@@H]1OCc1cn[nH]c1. The molecule has 2 saturated heterocycles. The fourth-order valence-corrected chi connectivity index (χ4v) is 7.69. The molecular weight excluding hydrogens is 825 g/mol. The van der Waals surface area contributed by atoms with Gasteiger partial charge in [0.05, 0.1) is 43.8 Å². The van der Waals surface area contributed by atoms with Crippen LogP contribution in [0.3, 0.4) is 0 Å². The number of aliphatic hydroxyl groups is 2. The normalized spacial score (nSPS) is 32.6. The summed E-state index contributed by atoms with van der Waals surface area (Å²) in [5, 5.41) is 35.4. The van der Waals surface area contributed by atoms with E-state index in [1.165, 1.54) is 0 Å². The van der Waals surface area contributed by atoms with Gasteiger partial charge in [-0.25, -0.2) is 0 Å². The van der Waals surface area contributed by atoms with Crippen LogP contribution in [0.2, 0.25) is 0 Å². The van der Waals surface area contributed by atoms with Crippen molar-refractivity contribution < 1.29 is 57.7 Å². The minimum Gasteiger partial charge on any atom is -0.462 e. The zero-order chi connectivity index (χ0) is 48.8. The number of nitrogens with zero attached hydrogens (tertiary/aromatic N) is 3. The lowest BCUT2D eigenvalue weighted by Gasteiger charge is -2.41. The number of esters is 1. The molecule has 16 heteroatoms. The van der Waals surface area contributed by atoms with Gasteiger partial charge in [0.25, 0.3) is 6.26 Å². The van der Waals surface area contributed by atoms with E-state index in [0.29, 0.717) is 38.7 Å². The summed E-state index contributed by atoms with van der Waals surface area (Å²) in [7, 11) is 8.78. The number of hydrogen-bond acceptors (Lipinski definition) is 15. The monoisotopic (exact) mass is 907 g/mol. The summed E-state index contributed by atoms with van der Waals surface area (Å²) in [6.07, 6.45) is 19.0. The Morgan fingerprint density at radius 1 is 0.969 bits per heavy atom. The molecule has 4 rings (SSSR count). The Morgan fingerprint density at radius 2 is 1.64 bits per heavy atom. The number of hydrogen-bond donors (Lipinski definition) is 3. The van der Waals surface area contributed by atoms with E-state index in [1.54, 1.807) is 52.9 Å². The summed E-state index contributed by atoms with van der Waals surface area (Å²) in [5.41, 5.74) is 1.86. The number of H-pyrrole nitrogens is 1. The first-order valence-electron chi connectivity index (χ1n) is 22.5. The molecular formula is C48H82N4O12. The third kappa shape index (κ3) is 23.0. The Bertz CT molecular complexity index is 1500. The number of methoxy groups -OCH3 is 2. The number of aromatic amines is 1. The Hall–Kier alpha value is -3.68. The van der Waals surface area contributed by atoms with Crippen LogP contribution in [0, 0.1) is 48.0 Å². The van der Waals surface area contributed by atoms with Crippen molar-refractivity contribution in [1.29, 1.82) is 5.26 Å². The van der Waals surface area contributed by atoms with Crippen LogP contribution in [-0.2, 0) is 54.1 Å². The van der Waals surface area contributed by atoms with E-state index in [1.807, 2.05) is 67.9 Å². The second-order valence-corrected chi connectivity index (χ2v) is 16.5. The van der Waals surface area contributed by atoms with Gasteiger partial charge in [-0.2, -0.15) is 10.4 Å². The van der Waals surface area contributed by atoms with Crippen molar-refractivity contribution in [3.05, 3.63) is 41.8 Å². The molecule has 1 aromatic heterocycles. The lowest BCUT2D eigenvalue weighted by molar-refractivity contribution is -0.253. The predicted molar refractivity (Wildman–Crippen MR) is 245 cm³/mol. The minimum absolute atomic E-state index is 0.0180. The van der Waals surface area contributed by atoms with Crippen LogP contribution in [-0.4, -0.2) is 141 Å². The molecule has 366 valence electrons. The molecule has 3 aliphatic rings. The van der Waals surface area contributed by atoms with Gasteiger partial charge < -0.3 is 53.0 Å². The average molecular weight is 907 g/mol. The van der Waals surface area contributed by atoms with E-state index in [2.05, 4.69) is 39.6 Å². The van der Waals surface area contributed by atoms with Gasteiger partial charge in [0.15, 0.2) is 18.4 Å². The fourth-order valence-electron chi connectivity index (χ4n) is 7.69. The van der Waals surface area contributed by atoms with Crippen LogP contribution >= 0.6 is 0 Å². The smallest absolute Gasteiger partial charge is 0.306 e. The molecule has 0 bridgehead atoms. The van der Waals surface area contributed by atoms with Crippen LogP contribution in [0.4, 0.5) is 0 Å². The maximum absolute atomic E-state index is 12.9. The van der Waals surface area contributed by atoms with Gasteiger partial charge in [0.2, 0.25) is 0 Å². The molecule has 0 saturated carbocycles. The number of carbonyl (C=O) groups is 2. The fraction of sp³-hybridized carbons (Fsp3) is 0.750. The van der Waals surface area contributed by atoms with Gasteiger partial charge >= 0.3 is 5.97 Å². The Kier molecular flexibility index (Phi) is 32.6. The summed E-state index contributed by atoms with van der Waals surface area (Å²) < 4.78 is 43.9. The van der Waals surface area contributed by atoms with Gasteiger partial charge in [-0.3, -0.25) is 14.7 Å². The second kappa shape index (κ2) is 34.6. The molecule has 2 fully saturated rings. The lowest BCUT2D eigenvalue weighted by Crippen LogP contribution is -2.53. The summed E-state index contributed by atoms with van der Waals surface area (Å²) in [4.78, 5) is 27.8. The molecule has 13 atom stereocenters. The van der Waals surface area contributed by atoms with E-state index in [0.717, 1.165) is 17.6 Å². The highest BCUT2D eigenvalue weighted by Gasteiger charge is 2.38. The zero-order valence-corrected chi connectivity index (χ0v) is 40.9. The molecule has 3 aliphatic heterocycles. The number of rotatable bonds is 11. The van der Waals surface area contributed by atoms with E-state index in [9.17, 15) is 19.8 Å². The van der Waals surface area contributed by atoms with Crippen LogP contribution in [0.1, 0.15) is 106 Å². The Morgan fingerprint density at radius 3 is 2.22 bits per heavy atom. The van der Waals surface area contributed by atoms with Crippen molar-refractivity contribution in [2.75, 3.05) is 48.6 Å². The van der Waals surface area contributed by atoms with Crippen LogP contribution in [0.5, 0.6) is 0 Å². The standard InChI is InChI=1S/C30H47NO8.C12H21N3O3.C2H6O.C2H6.C2H2/c1-7-26-24(17-37-29-15-27(35-6)30(34)22(5)38-29)13-20(3)8-10-25(32)21(4)14-23(16-36-18-31)12-19(2)9-11-28(33)39-26;1-8-12(17-7-9-5-13-14-6-9)10(15(2)3)4-11(16)18-8;1-3-2;2*1-2/h8,10,13,19,21-24,26-27,29-30,34H,7,9,11-12,14-17H2,1-6H3;5-6,8,10-12,16H,4,7H2,1-3H3,(H,13,14);1-2H3;1-2H3;1-2H/b10-8+,20-13+;;;;/t19-,21+,22+,23+,24+,26+,27-,29+,30+;8-,10-,11-,12-;;;/m01.../s1. The molecule has 0 spiro atoms. The Labute approximate surface area is 384 Å². The molecule has 16 nitrogen and oxygen atoms in total. The summed E-state index contributed by atoms with van der Waals surface area (Å²) in [5.74, 6) is -0.480. The molecule has 0 amide bonds. The number of cyclic esters (lactones) is 1. The van der Waals surface area contributed by atoms with Crippen molar-refractivity contribution >= 4 is 11.8 Å². The highest BCUT2D eigenvalue weighted by molar-refractivity contribution is 5.91. The Balaban J connectivity index is 0.00000131. The summed E-state index contributed by atoms with van der Waals surface area (Å²) in [6.45, 7) is 16.5. The first-order valence-corrected chi connectivity index (χ1v) is 22.5. The lowest BCUT2D eigenvalue weighted by atomic mass is 9.85. The third-order valence-electron chi connectivity index (χ3n) is 11.0. The number of ketones is 1. The number of nitrogens with one attached hydrogen (secondary N) is 1. The van der Waals surface area contributed by atoms with Crippen LogP contribution in [0.15, 0.2) is 36.2 Å². The molecule has 0 aliphatic carbocycles. The van der Waals surface area contributed by atoms with E-state index >= 15 is 0 Å². The number of ether oxygens (including phenoxy) is 8. The molecule has 4 heterocycles. The number of aliphatic hydroxyl groups excluding tert-OH is 2. The van der Waals surface area contributed by atoms with Crippen molar-refractivity contribution in [3.63, 3.8) is 0 Å². The number of carbonyl (C=O) groups excluding carboxylic acids is 2. The predicted octanol–water partition coefficient (Wildman–Crippen LogP) is 6.37. The number of aromatic nitrogens is 2. The van der Waals surface area contributed by atoms with Gasteiger partial charge in [0.1, 0.15) is 18.8 Å². The highest BCUT2D eigenvalue weighted by Crippen LogP contribution is 2.28. The molecule has 3 N–H and O–H groups in total. The van der Waals surface area contributed by atoms with E-state index < -0.39 is 37.0 Å². The number of allylic oxidation sites excluding steroid dienone is 3. The number of terminal acetylenes is 1. The second-order valence-electron chi connectivity index (χ2n) is 16.5. The van der Waals surface area contributed by atoms with Gasteiger partial charge in [-0.1, -0.05) is 52.3 Å². The first kappa shape index (κ1) is 60.3. The van der Waals surface area contributed by atoms with Gasteiger partial charge in [-0.05, 0) is 78.5 Å². The third-order valence-corrected chi connectivity index (χ3v) is 11.0. The van der Waals surface area contributed by atoms with Crippen molar-refractivity contribution in [2.45, 2.75) is 162 Å². The first-order chi connectivity index (χ1) is 30.6. The number of likely N-dealkylation sites (N-methyl/N-ethyl adjacent to an activating group) is 1. The topological polar surface area (TPSA) is 204 Å². The average Bonchev–Trinajstić information content (AvgIpc) is 3.80. The quantitative estimate of drug-likeness (QED) is 0.125. The van der Waals surface area contributed by atoms with E-state index in [4.69, 9.17) is 38.4 Å². The maximum atomic E-state index is 12.9. The molecule has 0 radical (unpaired) electrons. The van der Waals surface area contributed by atoms with Crippen molar-refractivity contribution in [1.82, 2.24) is 15.1 Å². The zero-order valence-electron chi connectivity index (χ0n) is 40.9. The van der Waals surface area contributed by atoms with Crippen molar-refractivity contribution in [3.8, 4) is 19.1 Å². The molecule has 1 aromatic rings. The molecule has 0 aromatic carbocycles. The largest absolute Gasteiger partial charge is 0.462 e. The van der Waals surface area contributed by atoms with Crippen LogP contribution < -0.4 is 0 Å². The van der Waals surface area contributed by atoms with Gasteiger partial charge in [-0.15, -0.1) is 12.8 Å².